The standard InChI is InChI=1S/C16H28N2O/c1-7-19-11-14(12(2)3)18-15-9-8-13(10-17-15)16(4,5)6/h8-10,12,14H,7,11H2,1-6H3,(H,17,18). The fraction of sp³-hybridized carbons (Fsp3) is 0.688. The Bertz CT molecular complexity index is 365. The highest BCUT2D eigenvalue weighted by Gasteiger charge is 2.16. The number of nitrogens with one attached hydrogen (secondary N) is 1. The highest BCUT2D eigenvalue weighted by Crippen LogP contribution is 2.22. The number of hydrogen-bond donors (Lipinski definition) is 1. The Hall–Kier alpha value is -1.09. The van der Waals surface area contributed by atoms with Gasteiger partial charge in [0.05, 0.1) is 12.6 Å². The Kier molecular flexibility index (Phi) is 5.80. The van der Waals surface area contributed by atoms with Crippen molar-refractivity contribution in [3.8, 4) is 0 Å². The molecule has 1 heterocycles. The van der Waals surface area contributed by atoms with E-state index in [1.54, 1.807) is 0 Å². The Balaban J connectivity index is 2.69. The van der Waals surface area contributed by atoms with E-state index in [0.717, 1.165) is 19.0 Å². The zero-order valence-electron chi connectivity index (χ0n) is 13.2. The van der Waals surface area contributed by atoms with E-state index < -0.39 is 0 Å². The molecule has 0 aromatic carbocycles. The summed E-state index contributed by atoms with van der Waals surface area (Å²) in [6, 6.07) is 4.50. The highest BCUT2D eigenvalue weighted by atomic mass is 16.5. The number of nitrogens with zero attached hydrogens (tertiary/aromatic N) is 1. The van der Waals surface area contributed by atoms with Gasteiger partial charge in [0.2, 0.25) is 0 Å². The van der Waals surface area contributed by atoms with E-state index >= 15 is 0 Å². The lowest BCUT2D eigenvalue weighted by atomic mass is 9.88. The zero-order chi connectivity index (χ0) is 14.5. The molecule has 19 heavy (non-hydrogen) atoms. The predicted molar refractivity (Wildman–Crippen MR) is 81.7 cm³/mol. The van der Waals surface area contributed by atoms with Crippen LogP contribution in [0.5, 0.6) is 0 Å². The van der Waals surface area contributed by atoms with Crippen LogP contribution < -0.4 is 5.32 Å². The molecule has 1 aromatic heterocycles. The average molecular weight is 264 g/mol. The molecule has 0 saturated carbocycles. The van der Waals surface area contributed by atoms with Crippen molar-refractivity contribution >= 4 is 5.82 Å². The van der Waals surface area contributed by atoms with Gasteiger partial charge in [-0.1, -0.05) is 40.7 Å². The third-order valence-corrected chi connectivity index (χ3v) is 3.27. The topological polar surface area (TPSA) is 34.1 Å². The van der Waals surface area contributed by atoms with Crippen molar-refractivity contribution in [2.24, 2.45) is 5.92 Å². The zero-order valence-corrected chi connectivity index (χ0v) is 13.2. The summed E-state index contributed by atoms with van der Waals surface area (Å²) in [5.74, 6) is 1.43. The third-order valence-electron chi connectivity index (χ3n) is 3.27. The normalized spacial score (nSPS) is 13.6. The van der Waals surface area contributed by atoms with E-state index in [9.17, 15) is 0 Å². The summed E-state index contributed by atoms with van der Waals surface area (Å²) in [5.41, 5.74) is 1.40. The first-order valence-corrected chi connectivity index (χ1v) is 7.15. The van der Waals surface area contributed by atoms with Crippen molar-refractivity contribution in [3.05, 3.63) is 23.9 Å². The van der Waals surface area contributed by atoms with E-state index in [1.807, 2.05) is 13.1 Å². The van der Waals surface area contributed by atoms with Crippen molar-refractivity contribution in [1.82, 2.24) is 4.98 Å². The fourth-order valence-corrected chi connectivity index (χ4v) is 1.76. The number of pyridine rings is 1. The molecule has 1 atom stereocenters. The van der Waals surface area contributed by atoms with E-state index in [4.69, 9.17) is 4.74 Å². The van der Waals surface area contributed by atoms with Crippen LogP contribution in [-0.4, -0.2) is 24.2 Å². The molecule has 1 rings (SSSR count). The number of hydrogen-bond acceptors (Lipinski definition) is 3. The Morgan fingerprint density at radius 3 is 2.37 bits per heavy atom. The van der Waals surface area contributed by atoms with Gasteiger partial charge in [-0.2, -0.15) is 0 Å². The van der Waals surface area contributed by atoms with Gasteiger partial charge in [0.25, 0.3) is 0 Å². The second-order valence-corrected chi connectivity index (χ2v) is 6.34. The summed E-state index contributed by atoms with van der Waals surface area (Å²) in [7, 11) is 0. The van der Waals surface area contributed by atoms with Crippen LogP contribution in [0, 0.1) is 5.92 Å². The average Bonchev–Trinajstić information content (AvgIpc) is 2.33. The molecular formula is C16H28N2O. The molecule has 1 N–H and O–H groups in total. The van der Waals surface area contributed by atoms with Crippen LogP contribution in [0.2, 0.25) is 0 Å². The van der Waals surface area contributed by atoms with Gasteiger partial charge >= 0.3 is 0 Å². The molecule has 108 valence electrons. The van der Waals surface area contributed by atoms with Crippen molar-refractivity contribution in [1.29, 1.82) is 0 Å². The number of rotatable bonds is 6. The maximum Gasteiger partial charge on any atom is 0.126 e. The SMILES string of the molecule is CCOCC(Nc1ccc(C(C)(C)C)cn1)C(C)C. The fourth-order valence-electron chi connectivity index (χ4n) is 1.76. The molecule has 0 aliphatic carbocycles. The van der Waals surface area contributed by atoms with Crippen LogP contribution in [0.1, 0.15) is 47.1 Å². The molecule has 3 heteroatoms. The molecule has 0 aliphatic heterocycles. The van der Waals surface area contributed by atoms with Crippen LogP contribution in [0.25, 0.3) is 0 Å². The van der Waals surface area contributed by atoms with Gasteiger partial charge in [-0.25, -0.2) is 4.98 Å². The van der Waals surface area contributed by atoms with Gasteiger partial charge in [-0.3, -0.25) is 0 Å². The van der Waals surface area contributed by atoms with Crippen molar-refractivity contribution in [2.75, 3.05) is 18.5 Å². The lowest BCUT2D eigenvalue weighted by molar-refractivity contribution is 0.126. The number of ether oxygens (including phenoxy) is 1. The molecule has 1 aromatic rings. The molecule has 0 radical (unpaired) electrons. The molecule has 0 bridgehead atoms. The van der Waals surface area contributed by atoms with E-state index in [1.165, 1.54) is 5.56 Å². The van der Waals surface area contributed by atoms with Gasteiger partial charge < -0.3 is 10.1 Å². The maximum absolute atomic E-state index is 5.52. The van der Waals surface area contributed by atoms with Crippen LogP contribution >= 0.6 is 0 Å². The summed E-state index contributed by atoms with van der Waals surface area (Å²) in [5, 5.41) is 3.46. The molecular weight excluding hydrogens is 236 g/mol. The van der Waals surface area contributed by atoms with Gasteiger partial charge in [-0.15, -0.1) is 0 Å². The lowest BCUT2D eigenvalue weighted by Gasteiger charge is -2.23. The van der Waals surface area contributed by atoms with E-state index in [2.05, 4.69) is 57.1 Å². The van der Waals surface area contributed by atoms with Crippen LogP contribution in [0.4, 0.5) is 5.82 Å². The summed E-state index contributed by atoms with van der Waals surface area (Å²) < 4.78 is 5.52. The van der Waals surface area contributed by atoms with E-state index in [0.29, 0.717) is 12.0 Å². The van der Waals surface area contributed by atoms with Gasteiger partial charge in [-0.05, 0) is 29.9 Å². The van der Waals surface area contributed by atoms with Crippen LogP contribution in [-0.2, 0) is 10.2 Å². The third kappa shape index (κ3) is 5.19. The molecule has 3 nitrogen and oxygen atoms in total. The predicted octanol–water partition coefficient (Wildman–Crippen LogP) is 3.85. The first-order chi connectivity index (χ1) is 8.84. The van der Waals surface area contributed by atoms with Crippen molar-refractivity contribution in [3.63, 3.8) is 0 Å². The summed E-state index contributed by atoms with van der Waals surface area (Å²) in [6.07, 6.45) is 1.96. The number of anilines is 1. The van der Waals surface area contributed by atoms with Crippen molar-refractivity contribution < 1.29 is 4.74 Å². The molecule has 0 amide bonds. The monoisotopic (exact) mass is 264 g/mol. The second kappa shape index (κ2) is 6.90. The Labute approximate surface area is 117 Å². The minimum atomic E-state index is 0.147. The second-order valence-electron chi connectivity index (χ2n) is 6.34. The minimum Gasteiger partial charge on any atom is -0.380 e. The largest absolute Gasteiger partial charge is 0.380 e. The Morgan fingerprint density at radius 1 is 1.26 bits per heavy atom. The molecule has 0 aliphatic rings. The first-order valence-electron chi connectivity index (χ1n) is 7.15. The molecule has 1 unspecified atom stereocenters. The molecule has 0 saturated heterocycles. The van der Waals surface area contributed by atoms with Gasteiger partial charge in [0.15, 0.2) is 0 Å². The van der Waals surface area contributed by atoms with Gasteiger partial charge in [0, 0.05) is 12.8 Å². The molecule has 0 fully saturated rings. The van der Waals surface area contributed by atoms with Crippen molar-refractivity contribution in [2.45, 2.75) is 53.0 Å². The first kappa shape index (κ1) is 16.0. The maximum atomic E-state index is 5.52. The van der Waals surface area contributed by atoms with Gasteiger partial charge in [0.1, 0.15) is 5.82 Å². The minimum absolute atomic E-state index is 0.147. The van der Waals surface area contributed by atoms with E-state index in [-0.39, 0.29) is 5.41 Å². The smallest absolute Gasteiger partial charge is 0.126 e. The summed E-state index contributed by atoms with van der Waals surface area (Å²) in [6.45, 7) is 14.5. The summed E-state index contributed by atoms with van der Waals surface area (Å²) in [4.78, 5) is 4.51. The molecule has 0 spiro atoms. The summed E-state index contributed by atoms with van der Waals surface area (Å²) >= 11 is 0. The van der Waals surface area contributed by atoms with Crippen LogP contribution in [0.15, 0.2) is 18.3 Å². The lowest BCUT2D eigenvalue weighted by Crippen LogP contribution is -2.31. The number of aromatic nitrogens is 1. The highest BCUT2D eigenvalue weighted by molar-refractivity contribution is 5.38. The quantitative estimate of drug-likeness (QED) is 0.847. The Morgan fingerprint density at radius 2 is 1.95 bits per heavy atom. The van der Waals surface area contributed by atoms with Crippen LogP contribution in [0.3, 0.4) is 0 Å².